The molecule has 0 heterocycles. The summed E-state index contributed by atoms with van der Waals surface area (Å²) in [4.78, 5) is 11.9. The molecule has 3 nitrogen and oxygen atoms in total. The van der Waals surface area contributed by atoms with Gasteiger partial charge in [-0.05, 0) is 52.7 Å². The number of ether oxygens (including phenoxy) is 1. The molecule has 0 spiro atoms. The molecular weight excluding hydrogens is 400 g/mol. The number of nitrogens with one attached hydrogen (secondary N) is 1. The number of carbonyl (C=O) groups excluding carboxylic acids is 1. The molecule has 0 atom stereocenters. The highest BCUT2D eigenvalue weighted by Crippen LogP contribution is 2.32. The molecule has 1 amide bonds. The van der Waals surface area contributed by atoms with E-state index in [2.05, 4.69) is 21.2 Å². The van der Waals surface area contributed by atoms with Gasteiger partial charge in [0.25, 0.3) is 0 Å². The molecule has 0 saturated heterocycles. The first kappa shape index (κ1) is 16.4. The second kappa shape index (κ2) is 6.88. The van der Waals surface area contributed by atoms with E-state index in [0.717, 1.165) is 5.56 Å². The summed E-state index contributed by atoms with van der Waals surface area (Å²) in [6, 6.07) is 8.24. The number of hydrogen-bond acceptors (Lipinski definition) is 2. The Bertz CT molecular complexity index is 707. The van der Waals surface area contributed by atoms with E-state index in [1.165, 1.54) is 0 Å². The van der Waals surface area contributed by atoms with Gasteiger partial charge in [-0.3, -0.25) is 5.32 Å². The smallest absolute Gasteiger partial charge is 0.409 e. The Hall–Kier alpha value is -0.940. The number of aryl methyl sites for hydroxylation is 1. The lowest BCUT2D eigenvalue weighted by Crippen LogP contribution is -2.17. The van der Waals surface area contributed by atoms with Crippen molar-refractivity contribution in [3.05, 3.63) is 55.4 Å². The maximum atomic E-state index is 11.9. The van der Waals surface area contributed by atoms with Gasteiger partial charge in [0.1, 0.15) is 5.75 Å². The van der Waals surface area contributed by atoms with Crippen molar-refractivity contribution in [1.82, 2.24) is 0 Å². The average Bonchev–Trinajstić information content (AvgIpc) is 2.41. The van der Waals surface area contributed by atoms with Crippen molar-refractivity contribution in [1.29, 1.82) is 0 Å². The lowest BCUT2D eigenvalue weighted by Gasteiger charge is -2.11. The SMILES string of the molecule is Cc1cc(OC(=O)Nc2cccc(Cl)c2Cl)c(Br)cc1Cl. The first-order chi connectivity index (χ1) is 9.88. The summed E-state index contributed by atoms with van der Waals surface area (Å²) in [7, 11) is 0. The van der Waals surface area contributed by atoms with Crippen LogP contribution in [0.25, 0.3) is 0 Å². The van der Waals surface area contributed by atoms with Crippen LogP contribution in [0.3, 0.4) is 0 Å². The maximum absolute atomic E-state index is 11.9. The normalized spacial score (nSPS) is 10.3. The van der Waals surface area contributed by atoms with Crippen LogP contribution >= 0.6 is 50.7 Å². The Morgan fingerprint density at radius 3 is 2.62 bits per heavy atom. The van der Waals surface area contributed by atoms with Gasteiger partial charge in [0.15, 0.2) is 0 Å². The van der Waals surface area contributed by atoms with Crippen LogP contribution in [-0.2, 0) is 0 Å². The molecule has 0 aliphatic rings. The number of halogens is 4. The van der Waals surface area contributed by atoms with Crippen LogP contribution in [0, 0.1) is 6.92 Å². The third-order valence-corrected chi connectivity index (χ3v) is 4.45. The van der Waals surface area contributed by atoms with Crippen LogP contribution in [0.15, 0.2) is 34.8 Å². The zero-order valence-electron chi connectivity index (χ0n) is 10.7. The van der Waals surface area contributed by atoms with Gasteiger partial charge in [0.2, 0.25) is 0 Å². The van der Waals surface area contributed by atoms with E-state index in [4.69, 9.17) is 39.5 Å². The van der Waals surface area contributed by atoms with Crippen molar-refractivity contribution in [3.63, 3.8) is 0 Å². The number of benzene rings is 2. The van der Waals surface area contributed by atoms with Crippen molar-refractivity contribution < 1.29 is 9.53 Å². The highest BCUT2D eigenvalue weighted by Gasteiger charge is 2.13. The van der Waals surface area contributed by atoms with Gasteiger partial charge < -0.3 is 4.74 Å². The quantitative estimate of drug-likeness (QED) is 0.629. The Morgan fingerprint density at radius 1 is 1.19 bits per heavy atom. The summed E-state index contributed by atoms with van der Waals surface area (Å²) in [5.74, 6) is 0.354. The number of anilines is 1. The second-order valence-electron chi connectivity index (χ2n) is 4.15. The number of amides is 1. The lowest BCUT2D eigenvalue weighted by molar-refractivity contribution is 0.215. The molecule has 7 heteroatoms. The predicted molar refractivity (Wildman–Crippen MR) is 90.0 cm³/mol. The van der Waals surface area contributed by atoms with Gasteiger partial charge in [-0.2, -0.15) is 0 Å². The predicted octanol–water partition coefficient (Wildman–Crippen LogP) is 6.33. The maximum Gasteiger partial charge on any atom is 0.417 e. The molecule has 0 aliphatic carbocycles. The molecule has 2 aromatic rings. The molecule has 1 N–H and O–H groups in total. The zero-order chi connectivity index (χ0) is 15.6. The van der Waals surface area contributed by atoms with Gasteiger partial charge in [-0.1, -0.05) is 40.9 Å². The monoisotopic (exact) mass is 407 g/mol. The van der Waals surface area contributed by atoms with E-state index in [0.29, 0.717) is 26.0 Å². The third kappa shape index (κ3) is 4.04. The van der Waals surface area contributed by atoms with Crippen LogP contribution < -0.4 is 10.1 Å². The zero-order valence-corrected chi connectivity index (χ0v) is 14.6. The summed E-state index contributed by atoms with van der Waals surface area (Å²) in [5, 5.41) is 3.70. The van der Waals surface area contributed by atoms with E-state index in [9.17, 15) is 4.79 Å². The first-order valence-electron chi connectivity index (χ1n) is 5.77. The van der Waals surface area contributed by atoms with Crippen LogP contribution in [0.5, 0.6) is 5.75 Å². The fourth-order valence-corrected chi connectivity index (χ4v) is 2.61. The van der Waals surface area contributed by atoms with Gasteiger partial charge >= 0.3 is 6.09 Å². The molecule has 0 aromatic heterocycles. The molecule has 110 valence electrons. The molecule has 0 bridgehead atoms. The van der Waals surface area contributed by atoms with E-state index < -0.39 is 6.09 Å². The first-order valence-corrected chi connectivity index (χ1v) is 7.69. The van der Waals surface area contributed by atoms with E-state index in [1.54, 1.807) is 30.3 Å². The van der Waals surface area contributed by atoms with Crippen molar-refractivity contribution in [2.24, 2.45) is 0 Å². The van der Waals surface area contributed by atoms with E-state index in [1.807, 2.05) is 6.92 Å². The van der Waals surface area contributed by atoms with Crippen LogP contribution in [-0.4, -0.2) is 6.09 Å². The molecule has 0 radical (unpaired) electrons. The summed E-state index contributed by atoms with van der Waals surface area (Å²) >= 11 is 21.1. The largest absolute Gasteiger partial charge is 0.417 e. The minimum absolute atomic E-state index is 0.252. The summed E-state index contributed by atoms with van der Waals surface area (Å²) < 4.78 is 5.80. The van der Waals surface area contributed by atoms with Gasteiger partial charge in [-0.15, -0.1) is 0 Å². The number of hydrogen-bond donors (Lipinski definition) is 1. The molecule has 0 saturated carbocycles. The second-order valence-corrected chi connectivity index (χ2v) is 6.19. The summed E-state index contributed by atoms with van der Waals surface area (Å²) in [6.45, 7) is 1.81. The molecule has 0 fully saturated rings. The molecular formula is C14H9BrCl3NO2. The lowest BCUT2D eigenvalue weighted by atomic mass is 10.2. The Morgan fingerprint density at radius 2 is 1.90 bits per heavy atom. The molecule has 0 unspecified atom stereocenters. The average molecular weight is 409 g/mol. The topological polar surface area (TPSA) is 38.3 Å². The van der Waals surface area contributed by atoms with E-state index >= 15 is 0 Å². The highest BCUT2D eigenvalue weighted by molar-refractivity contribution is 9.10. The van der Waals surface area contributed by atoms with Crippen LogP contribution in [0.4, 0.5) is 10.5 Å². The minimum atomic E-state index is -0.679. The highest BCUT2D eigenvalue weighted by atomic mass is 79.9. The van der Waals surface area contributed by atoms with Gasteiger partial charge in [0.05, 0.1) is 20.2 Å². The Kier molecular flexibility index (Phi) is 5.38. The van der Waals surface area contributed by atoms with Gasteiger partial charge in [0, 0.05) is 5.02 Å². The van der Waals surface area contributed by atoms with Crippen LogP contribution in [0.1, 0.15) is 5.56 Å². The van der Waals surface area contributed by atoms with Crippen molar-refractivity contribution in [2.75, 3.05) is 5.32 Å². The van der Waals surface area contributed by atoms with Crippen molar-refractivity contribution in [2.45, 2.75) is 6.92 Å². The third-order valence-electron chi connectivity index (χ3n) is 2.60. The fourth-order valence-electron chi connectivity index (χ4n) is 1.54. The summed E-state index contributed by atoms with van der Waals surface area (Å²) in [5.41, 5.74) is 1.17. The van der Waals surface area contributed by atoms with Crippen LogP contribution in [0.2, 0.25) is 15.1 Å². The number of rotatable bonds is 2. The fraction of sp³-hybridized carbons (Fsp3) is 0.0714. The minimum Gasteiger partial charge on any atom is -0.409 e. The molecule has 21 heavy (non-hydrogen) atoms. The Labute approximate surface area is 145 Å². The van der Waals surface area contributed by atoms with Crippen molar-refractivity contribution >= 4 is 62.5 Å². The number of carbonyl (C=O) groups is 1. The Balaban J connectivity index is 2.16. The molecule has 0 aliphatic heterocycles. The van der Waals surface area contributed by atoms with Gasteiger partial charge in [-0.25, -0.2) is 4.79 Å². The molecule has 2 rings (SSSR count). The molecule has 2 aromatic carbocycles. The van der Waals surface area contributed by atoms with Crippen molar-refractivity contribution in [3.8, 4) is 5.75 Å². The van der Waals surface area contributed by atoms with E-state index in [-0.39, 0.29) is 5.02 Å². The standard InChI is InChI=1S/C14H9BrCl3NO2/c1-7-5-12(8(15)6-10(7)17)21-14(20)19-11-4-2-3-9(16)13(11)18/h2-6H,1H3,(H,19,20). The summed E-state index contributed by atoms with van der Waals surface area (Å²) in [6.07, 6.45) is -0.679.